The van der Waals surface area contributed by atoms with E-state index in [0.717, 1.165) is 69.0 Å². The summed E-state index contributed by atoms with van der Waals surface area (Å²) in [6.07, 6.45) is 1.04. The largest absolute Gasteiger partial charge is 0.497 e. The second kappa shape index (κ2) is 8.68. The monoisotopic (exact) mass is 457 g/mol. The van der Waals surface area contributed by atoms with E-state index in [-0.39, 0.29) is 6.04 Å². The fourth-order valence-electron chi connectivity index (χ4n) is 5.25. The third kappa shape index (κ3) is 3.77. The number of benzene rings is 2. The smallest absolute Gasteiger partial charge is 0.229 e. The van der Waals surface area contributed by atoms with Gasteiger partial charge in [0.2, 0.25) is 5.95 Å². The molecule has 3 aromatic rings. The lowest BCUT2D eigenvalue weighted by molar-refractivity contribution is 0.414. The molecule has 2 aromatic carbocycles. The Kier molecular flexibility index (Phi) is 5.37. The van der Waals surface area contributed by atoms with E-state index in [2.05, 4.69) is 74.6 Å². The number of hydrogen-bond donors (Lipinski definition) is 1. The Hall–Kier alpha value is -3.52. The first kappa shape index (κ1) is 21.0. The average Bonchev–Trinajstić information content (AvgIpc) is 3.22. The third-order valence-electron chi connectivity index (χ3n) is 7.11. The zero-order valence-electron chi connectivity index (χ0n) is 19.8. The number of nitrogens with zero attached hydrogens (tertiary/aromatic N) is 6. The molecular weight excluding hydrogens is 426 g/mol. The van der Waals surface area contributed by atoms with Crippen LogP contribution in [0.4, 0.5) is 23.3 Å². The van der Waals surface area contributed by atoms with Gasteiger partial charge in [0, 0.05) is 52.0 Å². The van der Waals surface area contributed by atoms with Crippen molar-refractivity contribution in [2.75, 3.05) is 66.6 Å². The third-order valence-corrected chi connectivity index (χ3v) is 7.11. The van der Waals surface area contributed by atoms with E-state index in [1.807, 2.05) is 12.1 Å². The predicted molar refractivity (Wildman–Crippen MR) is 136 cm³/mol. The molecular formula is C26H31N7O. The SMILES string of the molecule is COc1ccc(CN2CCC3NN(C)c4nc(N5CCN(c6ccccc6)CC5)nc2c43)cc1. The quantitative estimate of drug-likeness (QED) is 0.627. The molecule has 8 heteroatoms. The molecule has 0 amide bonds. The van der Waals surface area contributed by atoms with Crippen molar-refractivity contribution in [3.63, 3.8) is 0 Å². The number of hydrazine groups is 1. The molecule has 1 atom stereocenters. The highest BCUT2D eigenvalue weighted by Gasteiger charge is 2.38. The van der Waals surface area contributed by atoms with Gasteiger partial charge in [-0.2, -0.15) is 9.97 Å². The summed E-state index contributed by atoms with van der Waals surface area (Å²) < 4.78 is 5.33. The lowest BCUT2D eigenvalue weighted by atomic mass is 10.0. The number of anilines is 4. The van der Waals surface area contributed by atoms with Crippen LogP contribution in [0.1, 0.15) is 23.6 Å². The molecule has 1 N–H and O–H groups in total. The van der Waals surface area contributed by atoms with Gasteiger partial charge in [-0.1, -0.05) is 30.3 Å². The number of aromatic nitrogens is 2. The highest BCUT2D eigenvalue weighted by atomic mass is 16.5. The van der Waals surface area contributed by atoms with Gasteiger partial charge in [-0.05, 0) is 36.2 Å². The summed E-state index contributed by atoms with van der Waals surface area (Å²) in [4.78, 5) is 17.4. The fourth-order valence-corrected chi connectivity index (χ4v) is 5.25. The highest BCUT2D eigenvalue weighted by Crippen LogP contribution is 2.43. The molecule has 0 saturated carbocycles. The number of nitrogens with one attached hydrogen (secondary N) is 1. The fraction of sp³-hybridized carbons (Fsp3) is 0.385. The van der Waals surface area contributed by atoms with Crippen molar-refractivity contribution in [2.45, 2.75) is 19.0 Å². The van der Waals surface area contributed by atoms with E-state index >= 15 is 0 Å². The topological polar surface area (TPSA) is 60.0 Å². The zero-order chi connectivity index (χ0) is 23.1. The number of ether oxygens (including phenoxy) is 1. The van der Waals surface area contributed by atoms with Gasteiger partial charge in [0.15, 0.2) is 5.82 Å². The van der Waals surface area contributed by atoms with Crippen molar-refractivity contribution < 1.29 is 4.74 Å². The molecule has 176 valence electrons. The van der Waals surface area contributed by atoms with Crippen molar-refractivity contribution in [3.8, 4) is 5.75 Å². The minimum atomic E-state index is 0.283. The summed E-state index contributed by atoms with van der Waals surface area (Å²) >= 11 is 0. The summed E-state index contributed by atoms with van der Waals surface area (Å²) in [6, 6.07) is 19.3. The van der Waals surface area contributed by atoms with Crippen LogP contribution in [0.5, 0.6) is 5.75 Å². The predicted octanol–water partition coefficient (Wildman–Crippen LogP) is 3.22. The molecule has 0 bridgehead atoms. The molecule has 0 aliphatic carbocycles. The van der Waals surface area contributed by atoms with Gasteiger partial charge in [0.1, 0.15) is 11.6 Å². The van der Waals surface area contributed by atoms with Crippen molar-refractivity contribution >= 4 is 23.3 Å². The first-order valence-electron chi connectivity index (χ1n) is 12.0. The molecule has 0 radical (unpaired) electrons. The number of para-hydroxylation sites is 1. The zero-order valence-corrected chi connectivity index (χ0v) is 19.8. The Morgan fingerprint density at radius 3 is 2.32 bits per heavy atom. The maximum Gasteiger partial charge on any atom is 0.229 e. The molecule has 4 heterocycles. The van der Waals surface area contributed by atoms with E-state index in [0.29, 0.717) is 0 Å². The van der Waals surface area contributed by atoms with Gasteiger partial charge >= 0.3 is 0 Å². The van der Waals surface area contributed by atoms with E-state index in [1.54, 1.807) is 7.11 Å². The molecule has 3 aliphatic heterocycles. The molecule has 8 nitrogen and oxygen atoms in total. The van der Waals surface area contributed by atoms with Crippen LogP contribution in [-0.4, -0.2) is 56.8 Å². The summed E-state index contributed by atoms with van der Waals surface area (Å²) in [6.45, 7) is 5.53. The summed E-state index contributed by atoms with van der Waals surface area (Å²) in [5.74, 6) is 3.79. The van der Waals surface area contributed by atoms with Gasteiger partial charge in [-0.25, -0.2) is 5.43 Å². The maximum atomic E-state index is 5.33. The van der Waals surface area contributed by atoms with Crippen molar-refractivity contribution in [2.24, 2.45) is 0 Å². The van der Waals surface area contributed by atoms with Crippen molar-refractivity contribution in [3.05, 3.63) is 65.7 Å². The van der Waals surface area contributed by atoms with E-state index < -0.39 is 0 Å². The van der Waals surface area contributed by atoms with Crippen molar-refractivity contribution in [1.82, 2.24) is 15.4 Å². The molecule has 1 saturated heterocycles. The summed E-state index contributed by atoms with van der Waals surface area (Å²) in [7, 11) is 3.76. The Labute approximate surface area is 200 Å². The molecule has 6 rings (SSSR count). The highest BCUT2D eigenvalue weighted by molar-refractivity contribution is 5.68. The van der Waals surface area contributed by atoms with E-state index in [9.17, 15) is 0 Å². The second-order valence-corrected chi connectivity index (χ2v) is 9.19. The van der Waals surface area contributed by atoms with Crippen LogP contribution in [0.3, 0.4) is 0 Å². The Morgan fingerprint density at radius 1 is 0.882 bits per heavy atom. The van der Waals surface area contributed by atoms with Crippen LogP contribution < -0.4 is 29.9 Å². The van der Waals surface area contributed by atoms with Crippen LogP contribution in [-0.2, 0) is 6.54 Å². The molecule has 1 fully saturated rings. The Morgan fingerprint density at radius 2 is 1.59 bits per heavy atom. The van der Waals surface area contributed by atoms with Crippen LogP contribution in [0.2, 0.25) is 0 Å². The number of rotatable bonds is 5. The number of methoxy groups -OCH3 is 1. The first-order chi connectivity index (χ1) is 16.7. The lowest BCUT2D eigenvalue weighted by Crippen LogP contribution is -2.47. The first-order valence-corrected chi connectivity index (χ1v) is 12.0. The van der Waals surface area contributed by atoms with E-state index in [4.69, 9.17) is 14.7 Å². The second-order valence-electron chi connectivity index (χ2n) is 9.19. The van der Waals surface area contributed by atoms with Crippen LogP contribution in [0.25, 0.3) is 0 Å². The molecule has 0 spiro atoms. The Balaban J connectivity index is 1.27. The van der Waals surface area contributed by atoms with Gasteiger partial charge in [-0.3, -0.25) is 5.01 Å². The van der Waals surface area contributed by atoms with Crippen LogP contribution in [0, 0.1) is 0 Å². The number of hydrogen-bond acceptors (Lipinski definition) is 8. The van der Waals surface area contributed by atoms with E-state index in [1.165, 1.54) is 16.8 Å². The van der Waals surface area contributed by atoms with Crippen molar-refractivity contribution in [1.29, 1.82) is 0 Å². The molecule has 34 heavy (non-hydrogen) atoms. The normalized spacial score (nSPS) is 19.4. The van der Waals surface area contributed by atoms with Gasteiger partial charge in [0.05, 0.1) is 18.7 Å². The maximum absolute atomic E-state index is 5.33. The molecule has 1 aromatic heterocycles. The minimum absolute atomic E-state index is 0.283. The minimum Gasteiger partial charge on any atom is -0.497 e. The Bertz CT molecular complexity index is 1150. The average molecular weight is 458 g/mol. The van der Waals surface area contributed by atoms with Gasteiger partial charge in [0.25, 0.3) is 0 Å². The summed E-state index contributed by atoms with van der Waals surface area (Å²) in [5, 5.41) is 2.08. The van der Waals surface area contributed by atoms with Gasteiger partial charge in [-0.15, -0.1) is 0 Å². The van der Waals surface area contributed by atoms with Crippen LogP contribution in [0.15, 0.2) is 54.6 Å². The standard InChI is InChI=1S/C26H31N7O/c1-30-24-23-22(29-30)12-13-33(18-19-8-10-21(34-2)11-9-19)25(23)28-26(27-24)32-16-14-31(15-17-32)20-6-4-3-5-7-20/h3-11,22,29H,12-18H2,1-2H3. The molecule has 1 unspecified atom stereocenters. The molecule has 3 aliphatic rings. The lowest BCUT2D eigenvalue weighted by Gasteiger charge is -2.37. The van der Waals surface area contributed by atoms with Gasteiger partial charge < -0.3 is 19.4 Å². The van der Waals surface area contributed by atoms with Crippen LogP contribution >= 0.6 is 0 Å². The number of piperazine rings is 1. The summed E-state index contributed by atoms with van der Waals surface area (Å²) in [5.41, 5.74) is 7.35.